The molecule has 2 heterocycles. The molecule has 0 spiro atoms. The van der Waals surface area contributed by atoms with Gasteiger partial charge >= 0.3 is 0 Å². The molecule has 0 amide bonds. The Morgan fingerprint density at radius 1 is 1.15 bits per heavy atom. The molecule has 1 aliphatic heterocycles. The Morgan fingerprint density at radius 2 is 1.82 bits per heavy atom. The molecule has 0 aliphatic carbocycles. The Bertz CT molecular complexity index is 1320. The minimum absolute atomic E-state index is 0.0300. The summed E-state index contributed by atoms with van der Waals surface area (Å²) in [5, 5.41) is 0. The van der Waals surface area contributed by atoms with Crippen LogP contribution in [0.15, 0.2) is 46.3 Å². The molecule has 1 aliphatic rings. The van der Waals surface area contributed by atoms with Crippen LogP contribution in [0.1, 0.15) is 43.6 Å². The van der Waals surface area contributed by atoms with Gasteiger partial charge in [-0.2, -0.15) is 16.8 Å². The van der Waals surface area contributed by atoms with Gasteiger partial charge in [0.2, 0.25) is 5.90 Å². The van der Waals surface area contributed by atoms with Gasteiger partial charge in [-0.15, -0.1) is 0 Å². The van der Waals surface area contributed by atoms with Crippen LogP contribution >= 0.6 is 0 Å². The molecule has 184 valence electrons. The number of aromatic nitrogens is 2. The van der Waals surface area contributed by atoms with Crippen LogP contribution < -0.4 is 0 Å². The molecule has 12 heteroatoms. The van der Waals surface area contributed by atoms with E-state index in [0.29, 0.717) is 36.9 Å². The summed E-state index contributed by atoms with van der Waals surface area (Å²) in [6.07, 6.45) is 5.58. The van der Waals surface area contributed by atoms with Crippen molar-refractivity contribution >= 4 is 32.2 Å². The molecule has 0 fully saturated rings. The molecule has 0 radical (unpaired) electrons. The van der Waals surface area contributed by atoms with Crippen molar-refractivity contribution < 1.29 is 30.7 Å². The number of nitrogens with one attached hydrogen (secondary N) is 1. The standard InChI is InChI=1S/C22H27N3O7S2/c1-3-18(34(29,30)31)12-11-17-14-32-22(23-17)16-9-7-15(8-10-16)21-24-19(4-2)20(25-21)6-5-13-33(26,27)28/h5-10,12,17H,3-4,11,13-14H2,1-2H3,(H,24,25)(H,26,27,28)(H,29,30,31)/b6-5-,18-12+. The number of aliphatic imine (C=N–C) groups is 1. The van der Waals surface area contributed by atoms with Gasteiger partial charge < -0.3 is 9.72 Å². The van der Waals surface area contributed by atoms with E-state index in [4.69, 9.17) is 9.29 Å². The lowest BCUT2D eigenvalue weighted by molar-refractivity contribution is 0.318. The number of rotatable bonds is 10. The first-order valence-corrected chi connectivity index (χ1v) is 13.7. The molecule has 1 atom stereocenters. The summed E-state index contributed by atoms with van der Waals surface area (Å²) >= 11 is 0. The van der Waals surface area contributed by atoms with Gasteiger partial charge in [0.1, 0.15) is 12.4 Å². The predicted octanol–water partition coefficient (Wildman–Crippen LogP) is 3.26. The predicted molar refractivity (Wildman–Crippen MR) is 130 cm³/mol. The Morgan fingerprint density at radius 3 is 2.41 bits per heavy atom. The highest BCUT2D eigenvalue weighted by Gasteiger charge is 2.21. The Kier molecular flexibility index (Phi) is 8.08. The Balaban J connectivity index is 1.73. The fourth-order valence-corrected chi connectivity index (χ4v) is 4.42. The number of imidazole rings is 1. The van der Waals surface area contributed by atoms with E-state index in [1.165, 1.54) is 12.2 Å². The first-order chi connectivity index (χ1) is 16.0. The van der Waals surface area contributed by atoms with Crippen molar-refractivity contribution in [2.24, 2.45) is 4.99 Å². The topological polar surface area (TPSA) is 159 Å². The molecule has 3 N–H and O–H groups in total. The maximum absolute atomic E-state index is 11.3. The van der Waals surface area contributed by atoms with Crippen LogP contribution in [-0.2, 0) is 31.4 Å². The van der Waals surface area contributed by atoms with E-state index in [2.05, 4.69) is 15.0 Å². The second kappa shape index (κ2) is 10.6. The molecule has 3 rings (SSSR count). The minimum atomic E-state index is -4.20. The van der Waals surface area contributed by atoms with Crippen LogP contribution in [0, 0.1) is 0 Å². The number of H-pyrrole nitrogens is 1. The zero-order chi connectivity index (χ0) is 24.9. The maximum atomic E-state index is 11.3. The number of aryl methyl sites for hydroxylation is 1. The highest BCUT2D eigenvalue weighted by molar-refractivity contribution is 7.89. The van der Waals surface area contributed by atoms with Gasteiger partial charge in [0.25, 0.3) is 20.2 Å². The SMILES string of the molecule is CC/C(=C\CC1COC(c2ccc(-c3nc(/C=C\CS(=O)(=O)O)c(CC)[nH]3)cc2)=N1)S(=O)(=O)O. The average molecular weight is 510 g/mol. The van der Waals surface area contributed by atoms with Gasteiger partial charge in [0.15, 0.2) is 0 Å². The van der Waals surface area contributed by atoms with Crippen molar-refractivity contribution in [1.82, 2.24) is 9.97 Å². The van der Waals surface area contributed by atoms with Gasteiger partial charge in [-0.25, -0.2) is 9.98 Å². The van der Waals surface area contributed by atoms with Crippen LogP contribution in [0.5, 0.6) is 0 Å². The molecule has 2 aromatic rings. The van der Waals surface area contributed by atoms with Gasteiger partial charge in [0, 0.05) is 16.8 Å². The fourth-order valence-electron chi connectivity index (χ4n) is 3.41. The molecule has 0 saturated heterocycles. The molecule has 1 aromatic heterocycles. The first-order valence-electron chi connectivity index (χ1n) is 10.7. The van der Waals surface area contributed by atoms with Crippen molar-refractivity contribution in [2.45, 2.75) is 39.2 Å². The molecule has 1 aromatic carbocycles. The smallest absolute Gasteiger partial charge is 0.290 e. The third kappa shape index (κ3) is 6.86. The van der Waals surface area contributed by atoms with Crippen molar-refractivity contribution in [2.75, 3.05) is 12.4 Å². The maximum Gasteiger partial charge on any atom is 0.290 e. The summed E-state index contributed by atoms with van der Waals surface area (Å²) in [5.41, 5.74) is 3.00. The van der Waals surface area contributed by atoms with E-state index in [1.54, 1.807) is 13.0 Å². The molecular weight excluding hydrogens is 482 g/mol. The fraction of sp³-hybridized carbons (Fsp3) is 0.364. The summed E-state index contributed by atoms with van der Waals surface area (Å²) in [4.78, 5) is 12.2. The van der Waals surface area contributed by atoms with Gasteiger partial charge in [-0.05, 0) is 37.5 Å². The first kappa shape index (κ1) is 25.8. The van der Waals surface area contributed by atoms with Crippen LogP contribution in [0.3, 0.4) is 0 Å². The largest absolute Gasteiger partial charge is 0.475 e. The molecule has 0 saturated carbocycles. The van der Waals surface area contributed by atoms with Crippen LogP contribution in [0.25, 0.3) is 17.5 Å². The average Bonchev–Trinajstić information content (AvgIpc) is 3.39. The molecular formula is C22H27N3O7S2. The second-order valence-electron chi connectivity index (χ2n) is 7.66. The van der Waals surface area contributed by atoms with Crippen molar-refractivity contribution in [3.05, 3.63) is 58.3 Å². The van der Waals surface area contributed by atoms with Gasteiger partial charge in [-0.1, -0.05) is 38.1 Å². The van der Waals surface area contributed by atoms with Crippen molar-refractivity contribution in [3.8, 4) is 11.4 Å². The normalized spacial score (nSPS) is 17.2. The van der Waals surface area contributed by atoms with Crippen molar-refractivity contribution in [1.29, 1.82) is 0 Å². The zero-order valence-electron chi connectivity index (χ0n) is 18.8. The summed E-state index contributed by atoms with van der Waals surface area (Å²) in [6, 6.07) is 7.14. The number of aromatic amines is 1. The van der Waals surface area contributed by atoms with Crippen molar-refractivity contribution in [3.63, 3.8) is 0 Å². The number of benzene rings is 1. The summed E-state index contributed by atoms with van der Waals surface area (Å²) < 4.78 is 68.2. The number of allylic oxidation sites excluding steroid dienone is 1. The van der Waals surface area contributed by atoms with E-state index < -0.39 is 26.0 Å². The van der Waals surface area contributed by atoms with E-state index in [0.717, 1.165) is 16.8 Å². The van der Waals surface area contributed by atoms with E-state index in [-0.39, 0.29) is 17.4 Å². The quantitative estimate of drug-likeness (QED) is 0.412. The van der Waals surface area contributed by atoms with Crippen LogP contribution in [-0.4, -0.2) is 60.2 Å². The second-order valence-corrected chi connectivity index (χ2v) is 10.6. The van der Waals surface area contributed by atoms with Gasteiger partial charge in [0.05, 0.1) is 22.4 Å². The summed E-state index contributed by atoms with van der Waals surface area (Å²) in [7, 11) is -8.28. The lowest BCUT2D eigenvalue weighted by Crippen LogP contribution is -2.07. The lowest BCUT2D eigenvalue weighted by Gasteiger charge is -2.03. The molecule has 0 bridgehead atoms. The monoisotopic (exact) mass is 509 g/mol. The Hall–Kier alpha value is -2.80. The Labute approximate surface area is 199 Å². The van der Waals surface area contributed by atoms with E-state index in [1.807, 2.05) is 31.2 Å². The number of ether oxygens (including phenoxy) is 1. The summed E-state index contributed by atoms with van der Waals surface area (Å²) in [6.45, 7) is 3.91. The molecule has 1 unspecified atom stereocenters. The lowest BCUT2D eigenvalue weighted by atomic mass is 10.1. The minimum Gasteiger partial charge on any atom is -0.475 e. The highest BCUT2D eigenvalue weighted by atomic mass is 32.2. The molecule has 10 nitrogen and oxygen atoms in total. The zero-order valence-corrected chi connectivity index (χ0v) is 20.4. The van der Waals surface area contributed by atoms with E-state index in [9.17, 15) is 21.4 Å². The van der Waals surface area contributed by atoms with Gasteiger partial charge in [-0.3, -0.25) is 9.11 Å². The number of nitrogens with zero attached hydrogens (tertiary/aromatic N) is 2. The van der Waals surface area contributed by atoms with Crippen LogP contribution in [0.2, 0.25) is 0 Å². The highest BCUT2D eigenvalue weighted by Crippen LogP contribution is 2.23. The third-order valence-corrected chi connectivity index (χ3v) is 6.89. The molecule has 34 heavy (non-hydrogen) atoms. The number of hydrogen-bond donors (Lipinski definition) is 3. The van der Waals surface area contributed by atoms with Crippen LogP contribution in [0.4, 0.5) is 0 Å². The third-order valence-electron chi connectivity index (χ3n) is 5.16. The number of hydrogen-bond acceptors (Lipinski definition) is 7. The van der Waals surface area contributed by atoms with E-state index >= 15 is 0 Å². The summed E-state index contributed by atoms with van der Waals surface area (Å²) in [5.74, 6) is 0.587.